The van der Waals surface area contributed by atoms with Crippen LogP contribution in [-0.4, -0.2) is 37.6 Å². The third-order valence-corrected chi connectivity index (χ3v) is 4.17. The molecule has 1 fully saturated rings. The number of rotatable bonds is 3. The van der Waals surface area contributed by atoms with Crippen molar-refractivity contribution in [3.63, 3.8) is 0 Å². The summed E-state index contributed by atoms with van der Waals surface area (Å²) in [5.41, 5.74) is 3.37. The summed E-state index contributed by atoms with van der Waals surface area (Å²) in [6.45, 7) is 6.99. The van der Waals surface area contributed by atoms with Gasteiger partial charge in [0.2, 0.25) is 0 Å². The molecule has 0 radical (unpaired) electrons. The maximum Gasteiger partial charge on any atom is 0.131 e. The molecule has 0 N–H and O–H groups in total. The maximum atomic E-state index is 6.25. The fourth-order valence-corrected chi connectivity index (χ4v) is 2.78. The Labute approximate surface area is 117 Å². The summed E-state index contributed by atoms with van der Waals surface area (Å²) < 4.78 is 3.80. The largest absolute Gasteiger partial charge is 0.295 e. The lowest BCUT2D eigenvalue weighted by Crippen LogP contribution is -2.47. The first-order valence-electron chi connectivity index (χ1n) is 6.45. The molecule has 3 heterocycles. The van der Waals surface area contributed by atoms with Crippen LogP contribution in [0.4, 0.5) is 0 Å². The Morgan fingerprint density at radius 1 is 1.37 bits per heavy atom. The predicted octanol–water partition coefficient (Wildman–Crippen LogP) is 1.94. The van der Waals surface area contributed by atoms with Crippen LogP contribution in [0.1, 0.15) is 22.9 Å². The van der Waals surface area contributed by atoms with Gasteiger partial charge < -0.3 is 0 Å². The maximum absolute atomic E-state index is 6.25. The number of halogens is 1. The zero-order valence-electron chi connectivity index (χ0n) is 11.5. The lowest BCUT2D eigenvalue weighted by atomic mass is 10.1. The van der Waals surface area contributed by atoms with Crippen molar-refractivity contribution in [2.75, 3.05) is 13.1 Å². The van der Waals surface area contributed by atoms with Gasteiger partial charge in [0, 0.05) is 38.4 Å². The molecule has 0 bridgehead atoms. The van der Waals surface area contributed by atoms with Crippen molar-refractivity contribution in [1.29, 1.82) is 0 Å². The van der Waals surface area contributed by atoms with Crippen molar-refractivity contribution < 1.29 is 0 Å². The van der Waals surface area contributed by atoms with Crippen LogP contribution in [0.25, 0.3) is 0 Å². The minimum Gasteiger partial charge on any atom is -0.295 e. The van der Waals surface area contributed by atoms with Gasteiger partial charge in [-0.05, 0) is 19.4 Å². The molecular weight excluding hydrogens is 262 g/mol. The molecule has 0 amide bonds. The molecule has 102 valence electrons. The van der Waals surface area contributed by atoms with Crippen LogP contribution >= 0.6 is 11.6 Å². The first-order chi connectivity index (χ1) is 9.04. The molecule has 1 aliphatic rings. The second-order valence-electron chi connectivity index (χ2n) is 5.32. The molecule has 0 aromatic carbocycles. The molecule has 2 aromatic heterocycles. The molecule has 5 nitrogen and oxygen atoms in total. The fraction of sp³-hybridized carbons (Fsp3) is 0.538. The van der Waals surface area contributed by atoms with E-state index in [2.05, 4.69) is 32.9 Å². The summed E-state index contributed by atoms with van der Waals surface area (Å²) in [7, 11) is 1.88. The molecule has 0 atom stereocenters. The van der Waals surface area contributed by atoms with Crippen molar-refractivity contribution >= 4 is 11.6 Å². The molecule has 2 aromatic rings. The highest BCUT2D eigenvalue weighted by Gasteiger charge is 2.30. The highest BCUT2D eigenvalue weighted by molar-refractivity contribution is 6.30. The van der Waals surface area contributed by atoms with Crippen LogP contribution in [0.15, 0.2) is 12.4 Å². The quantitative estimate of drug-likeness (QED) is 0.862. The molecule has 0 unspecified atom stereocenters. The molecule has 0 saturated carbocycles. The molecule has 6 heteroatoms. The van der Waals surface area contributed by atoms with E-state index in [4.69, 9.17) is 11.6 Å². The van der Waals surface area contributed by atoms with Crippen LogP contribution in [0.3, 0.4) is 0 Å². The van der Waals surface area contributed by atoms with Crippen molar-refractivity contribution in [1.82, 2.24) is 24.5 Å². The van der Waals surface area contributed by atoms with E-state index in [-0.39, 0.29) is 0 Å². The molecule has 0 spiro atoms. The SMILES string of the molecule is Cc1cnn(C2CN(Cc3c(C)nn(C)c3Cl)C2)c1. The first-order valence-corrected chi connectivity index (χ1v) is 6.83. The monoisotopic (exact) mass is 279 g/mol. The van der Waals surface area contributed by atoms with Gasteiger partial charge in [0.25, 0.3) is 0 Å². The van der Waals surface area contributed by atoms with Crippen LogP contribution in [-0.2, 0) is 13.6 Å². The van der Waals surface area contributed by atoms with E-state index in [9.17, 15) is 0 Å². The molecule has 1 saturated heterocycles. The van der Waals surface area contributed by atoms with Crippen molar-refractivity contribution in [2.45, 2.75) is 26.4 Å². The zero-order chi connectivity index (χ0) is 13.6. The fourth-order valence-electron chi connectivity index (χ4n) is 2.55. The van der Waals surface area contributed by atoms with Crippen LogP contribution < -0.4 is 0 Å². The van der Waals surface area contributed by atoms with Crippen molar-refractivity contribution in [2.24, 2.45) is 7.05 Å². The Balaban J connectivity index is 1.62. The van der Waals surface area contributed by atoms with E-state index >= 15 is 0 Å². The van der Waals surface area contributed by atoms with Gasteiger partial charge >= 0.3 is 0 Å². The molecular formula is C13H18ClN5. The second-order valence-corrected chi connectivity index (χ2v) is 5.68. The van der Waals surface area contributed by atoms with E-state index < -0.39 is 0 Å². The third-order valence-electron chi connectivity index (χ3n) is 3.69. The smallest absolute Gasteiger partial charge is 0.131 e. The summed E-state index contributed by atoms with van der Waals surface area (Å²) in [6, 6.07) is 0.490. The van der Waals surface area contributed by atoms with Gasteiger partial charge in [-0.2, -0.15) is 10.2 Å². The van der Waals surface area contributed by atoms with Crippen molar-refractivity contribution in [3.05, 3.63) is 34.4 Å². The summed E-state index contributed by atoms with van der Waals surface area (Å²) >= 11 is 6.25. The lowest BCUT2D eigenvalue weighted by molar-refractivity contribution is 0.0907. The summed E-state index contributed by atoms with van der Waals surface area (Å²) in [5.74, 6) is 0. The number of nitrogens with zero attached hydrogens (tertiary/aromatic N) is 5. The lowest BCUT2D eigenvalue weighted by Gasteiger charge is -2.39. The van der Waals surface area contributed by atoms with Crippen molar-refractivity contribution in [3.8, 4) is 0 Å². The minimum atomic E-state index is 0.490. The highest BCUT2D eigenvalue weighted by atomic mass is 35.5. The Bertz CT molecular complexity index is 594. The molecule has 1 aliphatic heterocycles. The van der Waals surface area contributed by atoms with E-state index in [1.165, 1.54) is 5.56 Å². The summed E-state index contributed by atoms with van der Waals surface area (Å²) in [6.07, 6.45) is 4.01. The number of hydrogen-bond acceptors (Lipinski definition) is 3. The van der Waals surface area contributed by atoms with Crippen LogP contribution in [0, 0.1) is 13.8 Å². The Kier molecular flexibility index (Phi) is 3.11. The van der Waals surface area contributed by atoms with Gasteiger partial charge in [0.15, 0.2) is 0 Å². The van der Waals surface area contributed by atoms with Gasteiger partial charge in [0.05, 0.1) is 17.9 Å². The number of aryl methyl sites for hydroxylation is 3. The van der Waals surface area contributed by atoms with Gasteiger partial charge in [-0.1, -0.05) is 11.6 Å². The Morgan fingerprint density at radius 2 is 2.11 bits per heavy atom. The summed E-state index contributed by atoms with van der Waals surface area (Å²) in [5, 5.41) is 9.46. The van der Waals surface area contributed by atoms with Gasteiger partial charge in [0.1, 0.15) is 5.15 Å². The molecule has 19 heavy (non-hydrogen) atoms. The number of likely N-dealkylation sites (tertiary alicyclic amines) is 1. The topological polar surface area (TPSA) is 38.9 Å². The van der Waals surface area contributed by atoms with Crippen LogP contribution in [0.2, 0.25) is 5.15 Å². The number of hydrogen-bond donors (Lipinski definition) is 0. The minimum absolute atomic E-state index is 0.490. The zero-order valence-corrected chi connectivity index (χ0v) is 12.2. The Hall–Kier alpha value is -1.33. The number of aromatic nitrogens is 4. The van der Waals surface area contributed by atoms with E-state index in [1.54, 1.807) is 4.68 Å². The highest BCUT2D eigenvalue weighted by Crippen LogP contribution is 2.26. The first kappa shape index (κ1) is 12.7. The molecule has 3 rings (SSSR count). The Morgan fingerprint density at radius 3 is 2.63 bits per heavy atom. The average Bonchev–Trinajstić information content (AvgIpc) is 2.81. The predicted molar refractivity (Wildman–Crippen MR) is 74.2 cm³/mol. The van der Waals surface area contributed by atoms with E-state index in [1.807, 2.05) is 20.2 Å². The second kappa shape index (κ2) is 4.65. The van der Waals surface area contributed by atoms with E-state index in [0.29, 0.717) is 6.04 Å². The van der Waals surface area contributed by atoms with Gasteiger partial charge in [-0.25, -0.2) is 0 Å². The third kappa shape index (κ3) is 2.28. The van der Waals surface area contributed by atoms with Crippen LogP contribution in [0.5, 0.6) is 0 Å². The van der Waals surface area contributed by atoms with Gasteiger partial charge in [-0.3, -0.25) is 14.3 Å². The van der Waals surface area contributed by atoms with Gasteiger partial charge in [-0.15, -0.1) is 0 Å². The normalized spacial score (nSPS) is 16.8. The average molecular weight is 280 g/mol. The molecule has 0 aliphatic carbocycles. The summed E-state index contributed by atoms with van der Waals surface area (Å²) in [4.78, 5) is 2.37. The standard InChI is InChI=1S/C13H18ClN5/c1-9-4-15-19(5-9)11-6-18(7-11)8-12-10(2)16-17(3)13(12)14/h4-5,11H,6-8H2,1-3H3. The van der Waals surface area contributed by atoms with E-state index in [0.717, 1.165) is 36.0 Å².